The topological polar surface area (TPSA) is 98.1 Å². The average Bonchev–Trinajstić information content (AvgIpc) is 3.06. The maximum Gasteiger partial charge on any atom is 0.415 e. The number of ether oxygens (including phenoxy) is 2. The molecule has 248 valence electrons. The summed E-state index contributed by atoms with van der Waals surface area (Å²) in [5.74, 6) is 1.84. The Labute approximate surface area is 274 Å². The lowest BCUT2D eigenvalue weighted by molar-refractivity contribution is -0.111. The lowest BCUT2D eigenvalue weighted by Crippen LogP contribution is -2.61. The minimum absolute atomic E-state index is 0.113. The highest BCUT2D eigenvalue weighted by Gasteiger charge is 2.51. The Kier molecular flexibility index (Phi) is 10.3. The van der Waals surface area contributed by atoms with Crippen molar-refractivity contribution in [2.75, 3.05) is 80.0 Å². The predicted octanol–water partition coefficient (Wildman–Crippen LogP) is 5.65. The summed E-state index contributed by atoms with van der Waals surface area (Å²) in [6, 6.07) is 14.3. The number of hydrogen-bond donors (Lipinski definition) is 1. The number of carbonyl (C=O) groups is 1. The number of nitrogens with zero attached hydrogens (tertiary/aromatic N) is 7. The van der Waals surface area contributed by atoms with Crippen molar-refractivity contribution in [1.29, 1.82) is 0 Å². The minimum atomic E-state index is -0.406. The standard InChI is InChI=1S/C35H50N8O3/c1-8-22-45-33(44)41(7)30-10-9-11-31(39-30)43-17-16-26(35(4)25-46-34(2,3)23-29(35)43)24-37-32(36-5)38-27-12-14-28(15-13-27)42-20-18-40(6)19-21-42/h9-15,24,29H,5,8,16-23,25H2,1-4,6-7H3,(H,37,38)/b26-24+/t29?,35-/m0/s1. The number of carbonyl (C=O) groups excluding carboxylic acids is 1. The molecule has 2 atom stereocenters. The predicted molar refractivity (Wildman–Crippen MR) is 188 cm³/mol. The first-order valence-corrected chi connectivity index (χ1v) is 16.4. The molecule has 3 fully saturated rings. The second-order valence-electron chi connectivity index (χ2n) is 13.4. The molecule has 0 aliphatic carbocycles. The van der Waals surface area contributed by atoms with Gasteiger partial charge in [0, 0.05) is 68.8 Å². The number of rotatable bonds is 7. The van der Waals surface area contributed by atoms with E-state index < -0.39 is 6.09 Å². The fourth-order valence-electron chi connectivity index (χ4n) is 6.46. The Morgan fingerprint density at radius 2 is 1.89 bits per heavy atom. The Morgan fingerprint density at radius 3 is 2.59 bits per heavy atom. The van der Waals surface area contributed by atoms with E-state index in [1.165, 1.54) is 16.2 Å². The Morgan fingerprint density at radius 1 is 1.15 bits per heavy atom. The fraction of sp³-hybridized carbons (Fsp3) is 0.543. The lowest BCUT2D eigenvalue weighted by Gasteiger charge is -2.56. The number of piperidine rings is 1. The number of likely N-dealkylation sites (N-methyl/N-ethyl adjacent to an activating group) is 1. The molecule has 11 heteroatoms. The number of guanidine groups is 1. The highest BCUT2D eigenvalue weighted by molar-refractivity contribution is 5.96. The van der Waals surface area contributed by atoms with Crippen molar-refractivity contribution in [3.63, 3.8) is 0 Å². The van der Waals surface area contributed by atoms with Crippen LogP contribution < -0.4 is 20.0 Å². The van der Waals surface area contributed by atoms with E-state index in [2.05, 4.69) is 83.8 Å². The monoisotopic (exact) mass is 630 g/mol. The molecule has 0 radical (unpaired) electrons. The van der Waals surface area contributed by atoms with Gasteiger partial charge in [-0.15, -0.1) is 0 Å². The van der Waals surface area contributed by atoms with Gasteiger partial charge in [0.15, 0.2) is 0 Å². The average molecular weight is 631 g/mol. The molecule has 3 aliphatic heterocycles. The van der Waals surface area contributed by atoms with Crippen LogP contribution in [0.25, 0.3) is 0 Å². The summed E-state index contributed by atoms with van der Waals surface area (Å²) in [4.78, 5) is 35.0. The fourth-order valence-corrected chi connectivity index (χ4v) is 6.46. The summed E-state index contributed by atoms with van der Waals surface area (Å²) < 4.78 is 11.8. The molecule has 0 saturated carbocycles. The van der Waals surface area contributed by atoms with E-state index >= 15 is 0 Å². The van der Waals surface area contributed by atoms with Crippen LogP contribution in [0.3, 0.4) is 0 Å². The maximum atomic E-state index is 12.5. The molecule has 5 rings (SSSR count). The molecule has 3 aliphatic rings. The summed E-state index contributed by atoms with van der Waals surface area (Å²) in [5, 5.41) is 3.33. The molecule has 2 aromatic rings. The number of aromatic nitrogens is 1. The number of benzene rings is 1. The van der Waals surface area contributed by atoms with Gasteiger partial charge < -0.3 is 29.5 Å². The Hall–Kier alpha value is -3.96. The third kappa shape index (κ3) is 7.53. The van der Waals surface area contributed by atoms with Gasteiger partial charge in [0.1, 0.15) is 11.6 Å². The molecule has 3 saturated heterocycles. The second-order valence-corrected chi connectivity index (χ2v) is 13.4. The van der Waals surface area contributed by atoms with Gasteiger partial charge in [-0.05, 0) is 88.8 Å². The van der Waals surface area contributed by atoms with Crippen molar-refractivity contribution >= 4 is 41.8 Å². The van der Waals surface area contributed by atoms with Crippen molar-refractivity contribution in [2.24, 2.45) is 15.4 Å². The van der Waals surface area contributed by atoms with Crippen LogP contribution in [0.4, 0.5) is 27.8 Å². The first-order chi connectivity index (χ1) is 22.0. The van der Waals surface area contributed by atoms with E-state index in [9.17, 15) is 4.79 Å². The molecular weight excluding hydrogens is 580 g/mol. The van der Waals surface area contributed by atoms with Crippen LogP contribution in [0.15, 0.2) is 64.2 Å². The van der Waals surface area contributed by atoms with Gasteiger partial charge in [-0.1, -0.05) is 19.9 Å². The van der Waals surface area contributed by atoms with Gasteiger partial charge in [0.25, 0.3) is 0 Å². The van der Waals surface area contributed by atoms with E-state index in [-0.39, 0.29) is 17.1 Å². The smallest absolute Gasteiger partial charge is 0.415 e. The van der Waals surface area contributed by atoms with E-state index in [4.69, 9.17) is 19.5 Å². The third-order valence-electron chi connectivity index (χ3n) is 9.46. The zero-order valence-electron chi connectivity index (χ0n) is 28.3. The molecule has 4 heterocycles. The summed E-state index contributed by atoms with van der Waals surface area (Å²) in [5.41, 5.74) is 2.74. The van der Waals surface area contributed by atoms with Gasteiger partial charge in [-0.3, -0.25) is 4.90 Å². The van der Waals surface area contributed by atoms with Crippen LogP contribution in [0.1, 0.15) is 47.0 Å². The molecule has 1 N–H and O–H groups in total. The molecule has 1 aromatic carbocycles. The summed E-state index contributed by atoms with van der Waals surface area (Å²) in [6.45, 7) is 18.2. The van der Waals surface area contributed by atoms with E-state index in [0.717, 1.165) is 63.5 Å². The van der Waals surface area contributed by atoms with Crippen molar-refractivity contribution in [1.82, 2.24) is 9.88 Å². The normalized spacial score (nSPS) is 24.3. The number of piperazine rings is 1. The molecule has 0 bridgehead atoms. The number of aliphatic imine (C=N–C) groups is 2. The van der Waals surface area contributed by atoms with Crippen molar-refractivity contribution in [3.8, 4) is 0 Å². The molecule has 1 unspecified atom stereocenters. The van der Waals surface area contributed by atoms with Gasteiger partial charge in [-0.25, -0.2) is 19.8 Å². The second kappa shape index (κ2) is 14.2. The molecule has 11 nitrogen and oxygen atoms in total. The lowest BCUT2D eigenvalue weighted by atomic mass is 9.67. The van der Waals surface area contributed by atoms with Crippen molar-refractivity contribution in [2.45, 2.75) is 58.6 Å². The number of nitrogens with one attached hydrogen (secondary N) is 1. The quantitative estimate of drug-likeness (QED) is 0.310. The third-order valence-corrected chi connectivity index (χ3v) is 9.46. The first-order valence-electron chi connectivity index (χ1n) is 16.4. The Bertz CT molecular complexity index is 1430. The SMILES string of the molecule is C=NC(=N/C=C1\CCN(c2cccc(N(C)C(=O)OCCC)n2)C2CC(C)(C)OC[C@@]12C)Nc1ccc(N2CCN(C)CC2)cc1. The zero-order valence-corrected chi connectivity index (χ0v) is 28.3. The van der Waals surface area contributed by atoms with E-state index in [0.29, 0.717) is 25.0 Å². The van der Waals surface area contributed by atoms with Gasteiger partial charge in [-0.2, -0.15) is 0 Å². The minimum Gasteiger partial charge on any atom is -0.449 e. The first kappa shape index (κ1) is 33.4. The zero-order chi connectivity index (χ0) is 32.9. The van der Waals surface area contributed by atoms with Crippen LogP contribution in [-0.2, 0) is 9.47 Å². The van der Waals surface area contributed by atoms with E-state index in [1.807, 2.05) is 31.3 Å². The molecule has 1 amide bonds. The molecular formula is C35H50N8O3. The number of fused-ring (bicyclic) bond motifs is 1. The molecule has 0 spiro atoms. The highest BCUT2D eigenvalue weighted by Crippen LogP contribution is 2.49. The Balaban J connectivity index is 1.34. The van der Waals surface area contributed by atoms with Crippen LogP contribution >= 0.6 is 0 Å². The van der Waals surface area contributed by atoms with Crippen molar-refractivity contribution < 1.29 is 14.3 Å². The largest absolute Gasteiger partial charge is 0.449 e. The molecule has 1 aromatic heterocycles. The summed E-state index contributed by atoms with van der Waals surface area (Å²) in [7, 11) is 3.86. The van der Waals surface area contributed by atoms with Crippen LogP contribution in [0.2, 0.25) is 0 Å². The number of amides is 1. The summed E-state index contributed by atoms with van der Waals surface area (Å²) in [6.07, 6.45) is 3.91. The number of anilines is 4. The number of hydrogen-bond acceptors (Lipinski definition) is 8. The van der Waals surface area contributed by atoms with Gasteiger partial charge in [0.2, 0.25) is 5.96 Å². The maximum absolute atomic E-state index is 12.5. The molecule has 46 heavy (non-hydrogen) atoms. The van der Waals surface area contributed by atoms with E-state index in [1.54, 1.807) is 7.05 Å². The van der Waals surface area contributed by atoms with Gasteiger partial charge >= 0.3 is 6.09 Å². The van der Waals surface area contributed by atoms with Gasteiger partial charge in [0.05, 0.1) is 18.8 Å². The number of pyridine rings is 1. The highest BCUT2D eigenvalue weighted by atomic mass is 16.6. The van der Waals surface area contributed by atoms with Crippen LogP contribution in [-0.4, -0.2) is 100 Å². The van der Waals surface area contributed by atoms with Crippen LogP contribution in [0.5, 0.6) is 0 Å². The van der Waals surface area contributed by atoms with Crippen LogP contribution in [0, 0.1) is 5.41 Å². The summed E-state index contributed by atoms with van der Waals surface area (Å²) >= 11 is 0. The van der Waals surface area contributed by atoms with Crippen molar-refractivity contribution in [3.05, 3.63) is 54.2 Å².